The van der Waals surface area contributed by atoms with Crippen molar-refractivity contribution in [1.82, 2.24) is 5.32 Å². The highest BCUT2D eigenvalue weighted by Gasteiger charge is 2.44. The summed E-state index contributed by atoms with van der Waals surface area (Å²) in [6.07, 6.45) is 91.5. The van der Waals surface area contributed by atoms with Gasteiger partial charge in [-0.1, -0.05) is 362 Å². The number of hydrogen-bond acceptors (Lipinski definition) is 8. The molecule has 0 aromatic heterocycles. The molecule has 0 aromatic carbocycles. The maximum Gasteiger partial charge on any atom is 0.220 e. The van der Waals surface area contributed by atoms with Crippen LogP contribution < -0.4 is 5.32 Å². The average molecular weight is 1250 g/mol. The lowest BCUT2D eigenvalue weighted by Gasteiger charge is -2.40. The van der Waals surface area contributed by atoms with Crippen LogP contribution >= 0.6 is 0 Å². The summed E-state index contributed by atoms with van der Waals surface area (Å²) in [7, 11) is 0. The number of ether oxygens (including phenoxy) is 2. The zero-order valence-corrected chi connectivity index (χ0v) is 58.2. The highest BCUT2D eigenvalue weighted by Crippen LogP contribution is 2.24. The Labute approximate surface area is 550 Å². The maximum atomic E-state index is 13.1. The number of nitrogens with one attached hydrogen (secondary N) is 1. The molecule has 518 valence electrons. The Hall–Kier alpha value is -2.63. The van der Waals surface area contributed by atoms with Crippen molar-refractivity contribution in [3.63, 3.8) is 0 Å². The molecule has 7 atom stereocenters. The van der Waals surface area contributed by atoms with E-state index in [1.54, 1.807) is 6.08 Å². The summed E-state index contributed by atoms with van der Waals surface area (Å²) in [6, 6.07) is -0.824. The molecule has 1 rings (SSSR count). The molecule has 1 fully saturated rings. The number of amides is 1. The summed E-state index contributed by atoms with van der Waals surface area (Å²) in [5, 5.41) is 54.8. The normalized spacial score (nSPS) is 18.3. The molecule has 0 spiro atoms. The molecule has 1 amide bonds. The summed E-state index contributed by atoms with van der Waals surface area (Å²) in [5.41, 5.74) is 0. The van der Waals surface area contributed by atoms with Gasteiger partial charge in [0.05, 0.1) is 25.4 Å². The molecule has 0 radical (unpaired) electrons. The van der Waals surface area contributed by atoms with Gasteiger partial charge in [-0.2, -0.15) is 0 Å². The number of allylic oxidation sites excluding steroid dienone is 13. The largest absolute Gasteiger partial charge is 0.394 e. The first kappa shape index (κ1) is 84.4. The van der Waals surface area contributed by atoms with Gasteiger partial charge in [0.25, 0.3) is 0 Å². The van der Waals surface area contributed by atoms with Gasteiger partial charge >= 0.3 is 0 Å². The number of unbranched alkanes of at least 4 members (excludes halogenated alkanes) is 45. The lowest BCUT2D eigenvalue weighted by Crippen LogP contribution is -2.60. The summed E-state index contributed by atoms with van der Waals surface area (Å²) in [4.78, 5) is 13.1. The quantitative estimate of drug-likeness (QED) is 0.0261. The van der Waals surface area contributed by atoms with Crippen LogP contribution in [0.2, 0.25) is 0 Å². The lowest BCUT2D eigenvalue weighted by atomic mass is 9.99. The Morgan fingerprint density at radius 3 is 1.08 bits per heavy atom. The van der Waals surface area contributed by atoms with Crippen molar-refractivity contribution in [2.24, 2.45) is 0 Å². The molecule has 0 aromatic rings. The predicted molar refractivity (Wildman–Crippen MR) is 382 cm³/mol. The predicted octanol–water partition coefficient (Wildman–Crippen LogP) is 21.6. The molecule has 1 aliphatic rings. The van der Waals surface area contributed by atoms with Gasteiger partial charge in [-0.15, -0.1) is 0 Å². The van der Waals surface area contributed by atoms with E-state index in [0.29, 0.717) is 6.42 Å². The van der Waals surface area contributed by atoms with Crippen LogP contribution in [0.1, 0.15) is 361 Å². The highest BCUT2D eigenvalue weighted by atomic mass is 16.7. The number of carbonyl (C=O) groups is 1. The van der Waals surface area contributed by atoms with Gasteiger partial charge < -0.3 is 40.3 Å². The minimum Gasteiger partial charge on any atom is -0.394 e. The Morgan fingerprint density at radius 2 is 0.708 bits per heavy atom. The number of hydrogen-bond donors (Lipinski definition) is 6. The molecular weight excluding hydrogens is 1100 g/mol. The third-order valence-corrected chi connectivity index (χ3v) is 18.0. The van der Waals surface area contributed by atoms with E-state index < -0.39 is 49.5 Å². The SMILES string of the molecule is CC/C=C\C/C=C\C/C=C\C/C=C\C/C=C\CCCCCCCCCCCCCCCCCCCCCCCCCCCC(=O)NC(COC1OC(CO)C(O)C(O)C1O)C(O)/C=C/CC/C=C/CCCCCCCCCCCCCCCCCCCCC. The molecule has 6 N–H and O–H groups in total. The molecule has 9 nitrogen and oxygen atoms in total. The van der Waals surface area contributed by atoms with E-state index in [9.17, 15) is 30.3 Å². The van der Waals surface area contributed by atoms with Gasteiger partial charge in [-0.3, -0.25) is 4.79 Å². The van der Waals surface area contributed by atoms with Gasteiger partial charge in [-0.05, 0) is 77.0 Å². The smallest absolute Gasteiger partial charge is 0.220 e. The Morgan fingerprint density at radius 1 is 0.393 bits per heavy atom. The van der Waals surface area contributed by atoms with Crippen LogP contribution in [0.15, 0.2) is 85.1 Å². The number of aliphatic hydroxyl groups is 5. The monoisotopic (exact) mass is 1250 g/mol. The van der Waals surface area contributed by atoms with Gasteiger partial charge in [0.2, 0.25) is 5.91 Å². The van der Waals surface area contributed by atoms with Gasteiger partial charge in [0.15, 0.2) is 6.29 Å². The topological polar surface area (TPSA) is 149 Å². The second-order valence-electron chi connectivity index (χ2n) is 26.4. The second kappa shape index (κ2) is 68.2. The highest BCUT2D eigenvalue weighted by molar-refractivity contribution is 5.76. The first-order valence-corrected chi connectivity index (χ1v) is 38.3. The number of rotatable bonds is 67. The molecule has 0 saturated carbocycles. The van der Waals surface area contributed by atoms with E-state index in [4.69, 9.17) is 9.47 Å². The number of aliphatic hydroxyl groups excluding tert-OH is 5. The Balaban J connectivity index is 2.07. The van der Waals surface area contributed by atoms with Crippen molar-refractivity contribution < 1.29 is 39.8 Å². The summed E-state index contributed by atoms with van der Waals surface area (Å²) in [5.74, 6) is -0.181. The Kier molecular flexibility index (Phi) is 64.7. The molecule has 89 heavy (non-hydrogen) atoms. The van der Waals surface area contributed by atoms with E-state index in [2.05, 4.69) is 92.1 Å². The average Bonchev–Trinajstić information content (AvgIpc) is 2.59. The fourth-order valence-electron chi connectivity index (χ4n) is 12.0. The van der Waals surface area contributed by atoms with Gasteiger partial charge in [0, 0.05) is 6.42 Å². The molecule has 1 aliphatic heterocycles. The van der Waals surface area contributed by atoms with Crippen LogP contribution in [0.5, 0.6) is 0 Å². The van der Waals surface area contributed by atoms with Crippen LogP contribution in [-0.2, 0) is 14.3 Å². The fourth-order valence-corrected chi connectivity index (χ4v) is 12.0. The van der Waals surface area contributed by atoms with Crippen molar-refractivity contribution in [2.75, 3.05) is 13.2 Å². The summed E-state index contributed by atoms with van der Waals surface area (Å²) < 4.78 is 11.3. The van der Waals surface area contributed by atoms with E-state index in [1.165, 1.54) is 270 Å². The molecule has 1 saturated heterocycles. The van der Waals surface area contributed by atoms with E-state index in [-0.39, 0.29) is 12.5 Å². The maximum absolute atomic E-state index is 13.1. The van der Waals surface area contributed by atoms with Crippen LogP contribution in [0, 0.1) is 0 Å². The molecule has 0 bridgehead atoms. The van der Waals surface area contributed by atoms with Crippen molar-refractivity contribution in [1.29, 1.82) is 0 Å². The van der Waals surface area contributed by atoms with Crippen LogP contribution in [0.25, 0.3) is 0 Å². The van der Waals surface area contributed by atoms with Crippen molar-refractivity contribution in [2.45, 2.75) is 403 Å². The van der Waals surface area contributed by atoms with Gasteiger partial charge in [0.1, 0.15) is 24.4 Å². The Bertz CT molecular complexity index is 1690. The first-order valence-electron chi connectivity index (χ1n) is 38.3. The van der Waals surface area contributed by atoms with Crippen LogP contribution in [0.3, 0.4) is 0 Å². The zero-order chi connectivity index (χ0) is 64.2. The zero-order valence-electron chi connectivity index (χ0n) is 58.2. The minimum absolute atomic E-state index is 0.181. The molecular formula is C80H145NO8. The van der Waals surface area contributed by atoms with Crippen LogP contribution in [-0.4, -0.2) is 87.5 Å². The molecule has 1 heterocycles. The first-order chi connectivity index (χ1) is 43.8. The minimum atomic E-state index is -1.57. The third kappa shape index (κ3) is 56.6. The molecule has 9 heteroatoms. The van der Waals surface area contributed by atoms with Crippen molar-refractivity contribution in [3.05, 3.63) is 85.1 Å². The lowest BCUT2D eigenvalue weighted by molar-refractivity contribution is -0.302. The van der Waals surface area contributed by atoms with E-state index >= 15 is 0 Å². The van der Waals surface area contributed by atoms with E-state index in [1.807, 2.05) is 6.08 Å². The summed E-state index contributed by atoms with van der Waals surface area (Å²) >= 11 is 0. The van der Waals surface area contributed by atoms with Crippen molar-refractivity contribution >= 4 is 5.91 Å². The van der Waals surface area contributed by atoms with Gasteiger partial charge in [-0.25, -0.2) is 0 Å². The number of carbonyl (C=O) groups excluding carboxylic acids is 1. The molecule has 7 unspecified atom stereocenters. The molecule has 0 aliphatic carbocycles. The standard InChI is InChI=1S/C80H145NO8/c1-3-5-7-9-11-13-15-17-19-21-23-25-27-29-30-31-32-33-34-35-36-37-38-39-40-41-42-43-44-46-48-50-52-54-56-58-60-62-64-66-68-70-76(84)81-73(72-88-80-79(87)78(86)77(85)75(71-82)89-80)74(83)69-67-65-63-61-59-57-55-53-51-49-47-45-28-26-24-22-20-18-16-14-12-10-8-6-4-2/h5,7,11,13,17,19,23,25,29-30,59,61,67,69,73-75,77-80,82-83,85-87H,3-4,6,8-10,12,14-16,18,20-22,24,26-28,31-58,60,62-66,68,70-72H2,1-2H3,(H,81,84)/b7-5-,13-11-,19-17-,25-23-,30-29-,61-59+,69-67+. The second-order valence-corrected chi connectivity index (χ2v) is 26.4. The van der Waals surface area contributed by atoms with Crippen molar-refractivity contribution in [3.8, 4) is 0 Å². The summed E-state index contributed by atoms with van der Waals surface area (Å²) in [6.45, 7) is 3.69. The van der Waals surface area contributed by atoms with E-state index in [0.717, 1.165) is 70.6 Å². The third-order valence-electron chi connectivity index (χ3n) is 18.0. The fraction of sp³-hybridized carbons (Fsp3) is 0.812. The van der Waals surface area contributed by atoms with Crippen LogP contribution in [0.4, 0.5) is 0 Å².